The summed E-state index contributed by atoms with van der Waals surface area (Å²) in [5.74, 6) is -0.201. The van der Waals surface area contributed by atoms with E-state index in [1.54, 1.807) is 29.2 Å². The van der Waals surface area contributed by atoms with Crippen LogP contribution in [0.1, 0.15) is 33.6 Å². The number of fused-ring (bicyclic) bond motifs is 1. The lowest BCUT2D eigenvalue weighted by molar-refractivity contribution is 0.0605. The van der Waals surface area contributed by atoms with Crippen LogP contribution in [0, 0.1) is 5.92 Å². The number of carbonyl (C=O) groups is 3. The molecule has 4 amide bonds. The zero-order valence-corrected chi connectivity index (χ0v) is 14.9. The van der Waals surface area contributed by atoms with Crippen molar-refractivity contribution >= 4 is 23.5 Å². The van der Waals surface area contributed by atoms with Crippen LogP contribution in [0.25, 0.3) is 0 Å². The van der Waals surface area contributed by atoms with Crippen molar-refractivity contribution in [1.82, 2.24) is 9.80 Å². The zero-order chi connectivity index (χ0) is 18.8. The van der Waals surface area contributed by atoms with Gasteiger partial charge in [-0.15, -0.1) is 0 Å². The quantitative estimate of drug-likeness (QED) is 0.851. The van der Waals surface area contributed by atoms with E-state index >= 15 is 0 Å². The molecule has 0 aliphatic carbocycles. The molecule has 0 radical (unpaired) electrons. The number of benzene rings is 2. The number of likely N-dealkylation sites (tertiary alicyclic amines) is 1. The second-order valence-corrected chi connectivity index (χ2v) is 6.99. The summed E-state index contributed by atoms with van der Waals surface area (Å²) in [7, 11) is 0. The predicted octanol–water partition coefficient (Wildman–Crippen LogP) is 3.23. The first-order valence-electron chi connectivity index (χ1n) is 9.19. The number of rotatable bonds is 3. The molecule has 1 fully saturated rings. The summed E-state index contributed by atoms with van der Waals surface area (Å²) in [5.41, 5.74) is 1.75. The van der Waals surface area contributed by atoms with Crippen LogP contribution in [0.2, 0.25) is 0 Å². The van der Waals surface area contributed by atoms with Gasteiger partial charge in [0.15, 0.2) is 0 Å². The highest BCUT2D eigenvalue weighted by molar-refractivity contribution is 6.21. The third kappa shape index (κ3) is 3.43. The topological polar surface area (TPSA) is 69.7 Å². The normalized spacial score (nSPS) is 17.2. The van der Waals surface area contributed by atoms with Crippen molar-refractivity contribution in [3.05, 3.63) is 65.7 Å². The standard InChI is InChI=1S/C21H21N3O3/c25-19-17-8-4-5-9-18(17)20(26)24(19)14-15-10-12-23(13-11-15)21(27)22-16-6-2-1-3-7-16/h1-9,15H,10-14H2,(H,22,27). The lowest BCUT2D eigenvalue weighted by Gasteiger charge is -2.33. The Bertz CT molecular complexity index is 838. The molecule has 1 N–H and O–H groups in total. The van der Waals surface area contributed by atoms with E-state index in [1.165, 1.54) is 4.90 Å². The highest BCUT2D eigenvalue weighted by Gasteiger charge is 2.37. The van der Waals surface area contributed by atoms with Crippen LogP contribution in [0.4, 0.5) is 10.5 Å². The fourth-order valence-electron chi connectivity index (χ4n) is 3.71. The number of para-hydroxylation sites is 1. The number of carbonyl (C=O) groups excluding carboxylic acids is 3. The van der Waals surface area contributed by atoms with Crippen LogP contribution in [-0.4, -0.2) is 47.3 Å². The second-order valence-electron chi connectivity index (χ2n) is 6.99. The van der Waals surface area contributed by atoms with Crippen LogP contribution in [0.3, 0.4) is 0 Å². The summed E-state index contributed by atoms with van der Waals surface area (Å²) >= 11 is 0. The Morgan fingerprint density at radius 2 is 1.44 bits per heavy atom. The molecule has 0 saturated carbocycles. The minimum Gasteiger partial charge on any atom is -0.325 e. The van der Waals surface area contributed by atoms with Gasteiger partial charge in [-0.05, 0) is 43.0 Å². The molecule has 2 aliphatic rings. The Kier molecular flexibility index (Phi) is 4.62. The van der Waals surface area contributed by atoms with Gasteiger partial charge in [-0.3, -0.25) is 14.5 Å². The molecular formula is C21H21N3O3. The van der Waals surface area contributed by atoms with Gasteiger partial charge in [0.1, 0.15) is 0 Å². The average Bonchev–Trinajstić information content (AvgIpc) is 2.94. The van der Waals surface area contributed by atoms with Crippen LogP contribution < -0.4 is 5.32 Å². The maximum Gasteiger partial charge on any atom is 0.321 e. The number of amides is 4. The summed E-state index contributed by atoms with van der Waals surface area (Å²) < 4.78 is 0. The highest BCUT2D eigenvalue weighted by Crippen LogP contribution is 2.26. The molecular weight excluding hydrogens is 342 g/mol. The average molecular weight is 363 g/mol. The molecule has 4 rings (SSSR count). The Morgan fingerprint density at radius 1 is 0.889 bits per heavy atom. The monoisotopic (exact) mass is 363 g/mol. The van der Waals surface area contributed by atoms with E-state index in [-0.39, 0.29) is 23.8 Å². The number of hydrogen-bond donors (Lipinski definition) is 1. The molecule has 2 aliphatic heterocycles. The number of piperidine rings is 1. The summed E-state index contributed by atoms with van der Waals surface area (Å²) in [6.07, 6.45) is 1.55. The lowest BCUT2D eigenvalue weighted by Crippen LogP contribution is -2.44. The van der Waals surface area contributed by atoms with E-state index in [0.29, 0.717) is 30.8 Å². The van der Waals surface area contributed by atoms with Gasteiger partial charge in [-0.1, -0.05) is 30.3 Å². The van der Waals surface area contributed by atoms with E-state index in [9.17, 15) is 14.4 Å². The Balaban J connectivity index is 1.32. The van der Waals surface area contributed by atoms with Gasteiger partial charge in [0.05, 0.1) is 11.1 Å². The largest absolute Gasteiger partial charge is 0.325 e. The summed E-state index contributed by atoms with van der Waals surface area (Å²) in [4.78, 5) is 40.5. The molecule has 138 valence electrons. The first-order chi connectivity index (χ1) is 13.1. The first-order valence-corrected chi connectivity index (χ1v) is 9.19. The smallest absolute Gasteiger partial charge is 0.321 e. The molecule has 6 nitrogen and oxygen atoms in total. The van der Waals surface area contributed by atoms with Crippen molar-refractivity contribution in [3.8, 4) is 0 Å². The zero-order valence-electron chi connectivity index (χ0n) is 14.9. The molecule has 0 aromatic heterocycles. The molecule has 1 saturated heterocycles. The van der Waals surface area contributed by atoms with Gasteiger partial charge < -0.3 is 10.2 Å². The lowest BCUT2D eigenvalue weighted by atomic mass is 9.96. The molecule has 2 heterocycles. The van der Waals surface area contributed by atoms with Gasteiger partial charge in [-0.2, -0.15) is 0 Å². The van der Waals surface area contributed by atoms with Crippen LogP contribution in [0.5, 0.6) is 0 Å². The van der Waals surface area contributed by atoms with Crippen LogP contribution >= 0.6 is 0 Å². The van der Waals surface area contributed by atoms with E-state index in [1.807, 2.05) is 30.3 Å². The minimum absolute atomic E-state index is 0.111. The summed E-state index contributed by atoms with van der Waals surface area (Å²) in [6, 6.07) is 16.2. The summed E-state index contributed by atoms with van der Waals surface area (Å²) in [6.45, 7) is 1.65. The van der Waals surface area contributed by atoms with Crippen molar-refractivity contribution in [1.29, 1.82) is 0 Å². The fourth-order valence-corrected chi connectivity index (χ4v) is 3.71. The highest BCUT2D eigenvalue weighted by atomic mass is 16.2. The number of urea groups is 1. The Morgan fingerprint density at radius 3 is 2.04 bits per heavy atom. The fraction of sp³-hybridized carbons (Fsp3) is 0.286. The first kappa shape index (κ1) is 17.3. The molecule has 0 unspecified atom stereocenters. The van der Waals surface area contributed by atoms with E-state index in [2.05, 4.69) is 5.32 Å². The van der Waals surface area contributed by atoms with Gasteiger partial charge in [-0.25, -0.2) is 4.79 Å². The third-order valence-corrected chi connectivity index (χ3v) is 5.25. The molecule has 2 aromatic rings. The number of nitrogens with one attached hydrogen (secondary N) is 1. The number of nitrogens with zero attached hydrogens (tertiary/aromatic N) is 2. The van der Waals surface area contributed by atoms with Gasteiger partial charge >= 0.3 is 6.03 Å². The van der Waals surface area contributed by atoms with Crippen LogP contribution in [0.15, 0.2) is 54.6 Å². The maximum absolute atomic E-state index is 12.5. The summed E-state index contributed by atoms with van der Waals surface area (Å²) in [5, 5.41) is 2.89. The van der Waals surface area contributed by atoms with Crippen molar-refractivity contribution in [3.63, 3.8) is 0 Å². The molecule has 0 bridgehead atoms. The molecule has 0 atom stereocenters. The van der Waals surface area contributed by atoms with Gasteiger partial charge in [0, 0.05) is 25.3 Å². The van der Waals surface area contributed by atoms with Crippen molar-refractivity contribution in [2.75, 3.05) is 25.0 Å². The molecule has 2 aromatic carbocycles. The molecule has 27 heavy (non-hydrogen) atoms. The van der Waals surface area contributed by atoms with Crippen molar-refractivity contribution in [2.45, 2.75) is 12.8 Å². The van der Waals surface area contributed by atoms with Crippen molar-refractivity contribution < 1.29 is 14.4 Å². The number of imide groups is 1. The molecule has 6 heteroatoms. The number of anilines is 1. The number of hydrogen-bond acceptors (Lipinski definition) is 3. The van der Waals surface area contributed by atoms with E-state index in [4.69, 9.17) is 0 Å². The second kappa shape index (κ2) is 7.23. The minimum atomic E-state index is -0.208. The third-order valence-electron chi connectivity index (χ3n) is 5.25. The maximum atomic E-state index is 12.5. The van der Waals surface area contributed by atoms with Crippen LogP contribution in [-0.2, 0) is 0 Å². The Hall–Kier alpha value is -3.15. The van der Waals surface area contributed by atoms with E-state index in [0.717, 1.165) is 18.5 Å². The predicted molar refractivity (Wildman–Crippen MR) is 102 cm³/mol. The van der Waals surface area contributed by atoms with Gasteiger partial charge in [0.2, 0.25) is 0 Å². The van der Waals surface area contributed by atoms with Crippen molar-refractivity contribution in [2.24, 2.45) is 5.92 Å². The van der Waals surface area contributed by atoms with Gasteiger partial charge in [0.25, 0.3) is 11.8 Å². The molecule has 0 spiro atoms. The van der Waals surface area contributed by atoms with E-state index < -0.39 is 0 Å². The SMILES string of the molecule is O=C(Nc1ccccc1)N1CCC(CN2C(=O)c3ccccc3C2=O)CC1. The Labute approximate surface area is 157 Å².